The first-order chi connectivity index (χ1) is 8.69. The SMILES string of the molecule is CCCCn1cc(C)nc1Nc1cccc(Cl)c1. The Bertz CT molecular complexity index is 520. The third-order valence-corrected chi connectivity index (χ3v) is 2.97. The summed E-state index contributed by atoms with van der Waals surface area (Å²) in [6.45, 7) is 5.18. The van der Waals surface area contributed by atoms with Crippen molar-refractivity contribution in [3.8, 4) is 0 Å². The van der Waals surface area contributed by atoms with Crippen molar-refractivity contribution in [3.63, 3.8) is 0 Å². The number of halogens is 1. The van der Waals surface area contributed by atoms with Crippen molar-refractivity contribution in [2.24, 2.45) is 0 Å². The molecule has 0 atom stereocenters. The molecule has 2 aromatic rings. The summed E-state index contributed by atoms with van der Waals surface area (Å²) >= 11 is 5.97. The topological polar surface area (TPSA) is 29.9 Å². The molecule has 3 nitrogen and oxygen atoms in total. The Kier molecular flexibility index (Phi) is 4.26. The van der Waals surface area contributed by atoms with E-state index in [0.717, 1.165) is 35.3 Å². The lowest BCUT2D eigenvalue weighted by Gasteiger charge is -2.09. The minimum Gasteiger partial charge on any atom is -0.326 e. The van der Waals surface area contributed by atoms with Crippen molar-refractivity contribution in [1.29, 1.82) is 0 Å². The molecular weight excluding hydrogens is 246 g/mol. The Labute approximate surface area is 113 Å². The first-order valence-electron chi connectivity index (χ1n) is 6.25. The molecule has 4 heteroatoms. The second kappa shape index (κ2) is 5.91. The second-order valence-corrected chi connectivity index (χ2v) is 4.82. The van der Waals surface area contributed by atoms with Crippen molar-refractivity contribution >= 4 is 23.2 Å². The number of hydrogen-bond acceptors (Lipinski definition) is 2. The zero-order valence-corrected chi connectivity index (χ0v) is 11.5. The van der Waals surface area contributed by atoms with E-state index in [0.29, 0.717) is 0 Å². The molecule has 18 heavy (non-hydrogen) atoms. The van der Waals surface area contributed by atoms with E-state index in [1.165, 1.54) is 6.42 Å². The molecule has 96 valence electrons. The number of hydrogen-bond donors (Lipinski definition) is 1. The molecule has 1 aromatic heterocycles. The number of anilines is 2. The Balaban J connectivity index is 2.17. The Morgan fingerprint density at radius 2 is 2.22 bits per heavy atom. The van der Waals surface area contributed by atoms with Gasteiger partial charge in [-0.15, -0.1) is 0 Å². The van der Waals surface area contributed by atoms with E-state index in [1.54, 1.807) is 0 Å². The van der Waals surface area contributed by atoms with Gasteiger partial charge in [-0.3, -0.25) is 0 Å². The van der Waals surface area contributed by atoms with E-state index in [9.17, 15) is 0 Å². The van der Waals surface area contributed by atoms with E-state index in [-0.39, 0.29) is 0 Å². The van der Waals surface area contributed by atoms with Crippen molar-refractivity contribution in [2.45, 2.75) is 33.2 Å². The van der Waals surface area contributed by atoms with Gasteiger partial charge in [0.1, 0.15) is 0 Å². The molecule has 1 aromatic carbocycles. The van der Waals surface area contributed by atoms with Crippen LogP contribution in [0.15, 0.2) is 30.5 Å². The molecule has 0 fully saturated rings. The summed E-state index contributed by atoms with van der Waals surface area (Å²) in [6, 6.07) is 7.67. The molecular formula is C14H18ClN3. The fraction of sp³-hybridized carbons (Fsp3) is 0.357. The van der Waals surface area contributed by atoms with Crippen LogP contribution in [0, 0.1) is 6.92 Å². The van der Waals surface area contributed by atoms with Crippen LogP contribution in [0.2, 0.25) is 5.02 Å². The summed E-state index contributed by atoms with van der Waals surface area (Å²) in [7, 11) is 0. The zero-order chi connectivity index (χ0) is 13.0. The molecule has 0 bridgehead atoms. The van der Waals surface area contributed by atoms with Crippen molar-refractivity contribution < 1.29 is 0 Å². The van der Waals surface area contributed by atoms with Crippen molar-refractivity contribution in [3.05, 3.63) is 41.2 Å². The van der Waals surface area contributed by atoms with Crippen molar-refractivity contribution in [2.75, 3.05) is 5.32 Å². The van der Waals surface area contributed by atoms with Crippen LogP contribution in [0.25, 0.3) is 0 Å². The number of imidazole rings is 1. The van der Waals surface area contributed by atoms with E-state index >= 15 is 0 Å². The van der Waals surface area contributed by atoms with Gasteiger partial charge in [0, 0.05) is 23.5 Å². The summed E-state index contributed by atoms with van der Waals surface area (Å²) in [4.78, 5) is 4.50. The highest BCUT2D eigenvalue weighted by Crippen LogP contribution is 2.20. The van der Waals surface area contributed by atoms with Crippen LogP contribution in [-0.2, 0) is 6.54 Å². The molecule has 0 saturated heterocycles. The molecule has 0 spiro atoms. The lowest BCUT2D eigenvalue weighted by molar-refractivity contribution is 0.637. The van der Waals surface area contributed by atoms with Crippen LogP contribution >= 0.6 is 11.6 Å². The maximum Gasteiger partial charge on any atom is 0.207 e. The van der Waals surface area contributed by atoms with Crippen LogP contribution < -0.4 is 5.32 Å². The monoisotopic (exact) mass is 263 g/mol. The minimum atomic E-state index is 0.725. The minimum absolute atomic E-state index is 0.725. The lowest BCUT2D eigenvalue weighted by Crippen LogP contribution is -2.03. The van der Waals surface area contributed by atoms with Gasteiger partial charge in [-0.1, -0.05) is 31.0 Å². The van der Waals surface area contributed by atoms with Gasteiger partial charge in [0.05, 0.1) is 5.69 Å². The summed E-state index contributed by atoms with van der Waals surface area (Å²) in [5.41, 5.74) is 1.99. The third-order valence-electron chi connectivity index (χ3n) is 2.73. The fourth-order valence-corrected chi connectivity index (χ4v) is 2.03. The molecule has 1 heterocycles. The van der Waals surface area contributed by atoms with Gasteiger partial charge in [0.25, 0.3) is 0 Å². The van der Waals surface area contributed by atoms with Gasteiger partial charge in [-0.2, -0.15) is 0 Å². The molecule has 0 amide bonds. The van der Waals surface area contributed by atoms with E-state index in [4.69, 9.17) is 11.6 Å². The molecule has 0 aliphatic carbocycles. The summed E-state index contributed by atoms with van der Waals surface area (Å²) in [5, 5.41) is 4.04. The fourth-order valence-electron chi connectivity index (χ4n) is 1.84. The van der Waals surface area contributed by atoms with Crippen molar-refractivity contribution in [1.82, 2.24) is 9.55 Å². The number of nitrogens with zero attached hydrogens (tertiary/aromatic N) is 2. The summed E-state index contributed by atoms with van der Waals surface area (Å²) in [6.07, 6.45) is 4.40. The maximum atomic E-state index is 5.97. The molecule has 0 radical (unpaired) electrons. The summed E-state index contributed by atoms with van der Waals surface area (Å²) in [5.74, 6) is 0.878. The number of aryl methyl sites for hydroxylation is 2. The highest BCUT2D eigenvalue weighted by molar-refractivity contribution is 6.30. The number of nitrogens with one attached hydrogen (secondary N) is 1. The largest absolute Gasteiger partial charge is 0.326 e. The summed E-state index contributed by atoms with van der Waals surface area (Å²) < 4.78 is 2.15. The van der Waals surface area contributed by atoms with Gasteiger partial charge in [0.2, 0.25) is 5.95 Å². The van der Waals surface area contributed by atoms with Gasteiger partial charge in [0.15, 0.2) is 0 Å². The first kappa shape index (κ1) is 13.0. The second-order valence-electron chi connectivity index (χ2n) is 4.39. The number of rotatable bonds is 5. The molecule has 2 rings (SSSR count). The lowest BCUT2D eigenvalue weighted by atomic mass is 10.3. The number of unbranched alkanes of at least 4 members (excludes halogenated alkanes) is 1. The van der Waals surface area contributed by atoms with Crippen LogP contribution in [0.3, 0.4) is 0 Å². The first-order valence-corrected chi connectivity index (χ1v) is 6.63. The van der Waals surface area contributed by atoms with Crippen LogP contribution in [0.5, 0.6) is 0 Å². The average molecular weight is 264 g/mol. The molecule has 0 unspecified atom stereocenters. The molecule has 0 aliphatic heterocycles. The van der Waals surface area contributed by atoms with Gasteiger partial charge in [-0.25, -0.2) is 4.98 Å². The van der Waals surface area contributed by atoms with Crippen LogP contribution in [0.1, 0.15) is 25.5 Å². The Morgan fingerprint density at radius 1 is 1.39 bits per heavy atom. The van der Waals surface area contributed by atoms with Gasteiger partial charge >= 0.3 is 0 Å². The van der Waals surface area contributed by atoms with E-state index in [1.807, 2.05) is 31.2 Å². The number of aromatic nitrogens is 2. The van der Waals surface area contributed by atoms with Gasteiger partial charge in [-0.05, 0) is 31.5 Å². The Morgan fingerprint density at radius 3 is 2.94 bits per heavy atom. The molecule has 1 N–H and O–H groups in total. The van der Waals surface area contributed by atoms with E-state index in [2.05, 4.69) is 28.0 Å². The van der Waals surface area contributed by atoms with Crippen LogP contribution in [-0.4, -0.2) is 9.55 Å². The smallest absolute Gasteiger partial charge is 0.207 e. The molecule has 0 saturated carbocycles. The predicted molar refractivity (Wildman–Crippen MR) is 76.6 cm³/mol. The quantitative estimate of drug-likeness (QED) is 0.867. The highest BCUT2D eigenvalue weighted by Gasteiger charge is 2.05. The molecule has 0 aliphatic rings. The number of benzene rings is 1. The normalized spacial score (nSPS) is 10.6. The predicted octanol–water partition coefficient (Wildman–Crippen LogP) is 4.39. The standard InChI is InChI=1S/C14H18ClN3/c1-3-4-8-18-10-11(2)16-14(18)17-13-7-5-6-12(15)9-13/h5-7,9-10H,3-4,8H2,1-2H3,(H,16,17). The Hall–Kier alpha value is -1.48. The average Bonchev–Trinajstić information content (AvgIpc) is 2.67. The third kappa shape index (κ3) is 3.26. The maximum absolute atomic E-state index is 5.97. The zero-order valence-electron chi connectivity index (χ0n) is 10.8. The highest BCUT2D eigenvalue weighted by atomic mass is 35.5. The van der Waals surface area contributed by atoms with Crippen LogP contribution in [0.4, 0.5) is 11.6 Å². The van der Waals surface area contributed by atoms with Gasteiger partial charge < -0.3 is 9.88 Å². The van der Waals surface area contributed by atoms with E-state index < -0.39 is 0 Å².